The van der Waals surface area contributed by atoms with E-state index in [-0.39, 0.29) is 0 Å². The summed E-state index contributed by atoms with van der Waals surface area (Å²) < 4.78 is 5.96. The van der Waals surface area contributed by atoms with Gasteiger partial charge in [0.1, 0.15) is 5.75 Å². The van der Waals surface area contributed by atoms with Gasteiger partial charge >= 0.3 is 0 Å². The summed E-state index contributed by atoms with van der Waals surface area (Å²) in [7, 11) is 0. The van der Waals surface area contributed by atoms with E-state index in [1.807, 2.05) is 0 Å². The molecule has 0 fully saturated rings. The third-order valence-corrected chi connectivity index (χ3v) is 4.52. The van der Waals surface area contributed by atoms with Crippen molar-refractivity contribution >= 4 is 0 Å². The minimum Gasteiger partial charge on any atom is -0.493 e. The molecular weight excluding hydrogens is 318 g/mol. The highest BCUT2D eigenvalue weighted by Crippen LogP contribution is 2.22. The van der Waals surface area contributed by atoms with E-state index in [1.54, 1.807) is 0 Å². The number of rotatable bonds is 8. The second kappa shape index (κ2) is 9.21. The number of hydrogen-bond donors (Lipinski definition) is 1. The molecule has 0 amide bonds. The summed E-state index contributed by atoms with van der Waals surface area (Å²) in [5, 5.41) is 3.52. The van der Waals surface area contributed by atoms with Crippen molar-refractivity contribution in [2.24, 2.45) is 0 Å². The van der Waals surface area contributed by atoms with E-state index >= 15 is 0 Å². The highest BCUT2D eigenvalue weighted by molar-refractivity contribution is 5.63. The second-order valence-electron chi connectivity index (χ2n) is 6.67. The number of benzene rings is 3. The van der Waals surface area contributed by atoms with Crippen LogP contribution >= 0.6 is 0 Å². The summed E-state index contributed by atoms with van der Waals surface area (Å²) >= 11 is 0. The van der Waals surface area contributed by atoms with Gasteiger partial charge in [0.2, 0.25) is 0 Å². The minimum absolute atomic E-state index is 0.739. The third-order valence-electron chi connectivity index (χ3n) is 4.52. The molecule has 0 aromatic heterocycles. The summed E-state index contributed by atoms with van der Waals surface area (Å²) in [6.45, 7) is 6.76. The van der Waals surface area contributed by atoms with Crippen LogP contribution in [0.5, 0.6) is 5.75 Å². The molecule has 0 aliphatic rings. The summed E-state index contributed by atoms with van der Waals surface area (Å²) in [5.74, 6) is 1.03. The Balaban J connectivity index is 1.43. The molecular formula is C24H27NO. The summed E-state index contributed by atoms with van der Waals surface area (Å²) in [5.41, 5.74) is 6.24. The first-order chi connectivity index (χ1) is 12.7. The van der Waals surface area contributed by atoms with Crippen LogP contribution in [0.15, 0.2) is 72.8 Å². The monoisotopic (exact) mass is 345 g/mol. The number of nitrogens with one attached hydrogen (secondary N) is 1. The van der Waals surface area contributed by atoms with Gasteiger partial charge in [-0.25, -0.2) is 0 Å². The molecule has 0 saturated carbocycles. The molecule has 134 valence electrons. The molecule has 0 bridgehead atoms. The first kappa shape index (κ1) is 18.2. The molecule has 3 aromatic rings. The fourth-order valence-electron chi connectivity index (χ4n) is 3.12. The Kier molecular flexibility index (Phi) is 6.45. The Morgan fingerprint density at radius 1 is 0.769 bits per heavy atom. The Morgan fingerprint density at radius 3 is 2.23 bits per heavy atom. The lowest BCUT2D eigenvalue weighted by molar-refractivity contribution is 0.304. The van der Waals surface area contributed by atoms with Crippen molar-refractivity contribution in [3.8, 4) is 16.9 Å². The smallest absolute Gasteiger partial charge is 0.125 e. The van der Waals surface area contributed by atoms with E-state index < -0.39 is 0 Å². The number of ether oxygens (including phenoxy) is 1. The zero-order chi connectivity index (χ0) is 18.2. The van der Waals surface area contributed by atoms with Gasteiger partial charge in [-0.15, -0.1) is 0 Å². The van der Waals surface area contributed by atoms with E-state index in [4.69, 9.17) is 4.74 Å². The van der Waals surface area contributed by atoms with Crippen LogP contribution in [0.3, 0.4) is 0 Å². The Morgan fingerprint density at radius 2 is 1.46 bits per heavy atom. The quantitative estimate of drug-likeness (QED) is 0.542. The first-order valence-corrected chi connectivity index (χ1v) is 9.28. The Labute approximate surface area is 156 Å². The third kappa shape index (κ3) is 4.96. The van der Waals surface area contributed by atoms with Gasteiger partial charge in [-0.05, 0) is 60.7 Å². The van der Waals surface area contributed by atoms with Crippen LogP contribution < -0.4 is 10.1 Å². The fourth-order valence-corrected chi connectivity index (χ4v) is 3.12. The molecule has 3 rings (SSSR count). The highest BCUT2D eigenvalue weighted by Gasteiger charge is 2.03. The number of para-hydroxylation sites is 1. The van der Waals surface area contributed by atoms with Crippen molar-refractivity contribution in [3.63, 3.8) is 0 Å². The van der Waals surface area contributed by atoms with Crippen LogP contribution in [-0.4, -0.2) is 13.2 Å². The molecule has 2 nitrogen and oxygen atoms in total. The van der Waals surface area contributed by atoms with Crippen molar-refractivity contribution in [2.45, 2.75) is 26.8 Å². The lowest BCUT2D eigenvalue weighted by Crippen LogP contribution is -2.17. The molecule has 1 N–H and O–H groups in total. The summed E-state index contributed by atoms with van der Waals surface area (Å²) in [6, 6.07) is 25.5. The molecule has 26 heavy (non-hydrogen) atoms. The SMILES string of the molecule is Cc1cccc(C)c1OCCCNCc1cccc(-c2ccccc2)c1. The van der Waals surface area contributed by atoms with Crippen LogP contribution in [0, 0.1) is 13.8 Å². The molecule has 0 spiro atoms. The predicted octanol–water partition coefficient (Wildman–Crippen LogP) is 5.53. The van der Waals surface area contributed by atoms with Gasteiger partial charge in [-0.2, -0.15) is 0 Å². The maximum atomic E-state index is 5.96. The molecule has 0 saturated heterocycles. The standard InChI is InChI=1S/C24H27NO/c1-19-9-6-10-20(2)24(19)26-16-8-15-25-18-21-11-7-14-23(17-21)22-12-4-3-5-13-22/h3-7,9-14,17,25H,8,15-16,18H2,1-2H3. The molecule has 3 aromatic carbocycles. The topological polar surface area (TPSA) is 21.3 Å². The minimum atomic E-state index is 0.739. The number of hydrogen-bond acceptors (Lipinski definition) is 2. The van der Waals surface area contributed by atoms with E-state index in [0.29, 0.717) is 0 Å². The molecule has 0 atom stereocenters. The average molecular weight is 345 g/mol. The van der Waals surface area contributed by atoms with Gasteiger partial charge in [0.25, 0.3) is 0 Å². The lowest BCUT2D eigenvalue weighted by atomic mass is 10.0. The van der Waals surface area contributed by atoms with Crippen molar-refractivity contribution in [2.75, 3.05) is 13.2 Å². The van der Waals surface area contributed by atoms with Crippen molar-refractivity contribution in [1.82, 2.24) is 5.32 Å². The lowest BCUT2D eigenvalue weighted by Gasteiger charge is -2.12. The van der Waals surface area contributed by atoms with Crippen molar-refractivity contribution < 1.29 is 4.74 Å². The molecule has 0 radical (unpaired) electrons. The van der Waals surface area contributed by atoms with E-state index in [0.717, 1.165) is 31.9 Å². The van der Waals surface area contributed by atoms with Crippen LogP contribution in [0.1, 0.15) is 23.1 Å². The molecule has 0 heterocycles. The molecule has 0 aliphatic heterocycles. The van der Waals surface area contributed by atoms with Gasteiger partial charge in [0.15, 0.2) is 0 Å². The Bertz CT molecular complexity index is 806. The van der Waals surface area contributed by atoms with E-state index in [1.165, 1.54) is 27.8 Å². The van der Waals surface area contributed by atoms with Gasteiger partial charge in [-0.1, -0.05) is 66.7 Å². The predicted molar refractivity (Wildman–Crippen MR) is 110 cm³/mol. The molecule has 0 unspecified atom stereocenters. The summed E-state index contributed by atoms with van der Waals surface area (Å²) in [4.78, 5) is 0. The van der Waals surface area contributed by atoms with Crippen LogP contribution in [-0.2, 0) is 6.54 Å². The van der Waals surface area contributed by atoms with E-state index in [9.17, 15) is 0 Å². The van der Waals surface area contributed by atoms with E-state index in [2.05, 4.69) is 92.0 Å². The highest BCUT2D eigenvalue weighted by atomic mass is 16.5. The normalized spacial score (nSPS) is 10.7. The molecule has 0 aliphatic carbocycles. The van der Waals surface area contributed by atoms with Gasteiger partial charge in [0, 0.05) is 6.54 Å². The van der Waals surface area contributed by atoms with Gasteiger partial charge in [-0.3, -0.25) is 0 Å². The average Bonchev–Trinajstić information content (AvgIpc) is 2.67. The zero-order valence-corrected chi connectivity index (χ0v) is 15.7. The largest absolute Gasteiger partial charge is 0.493 e. The van der Waals surface area contributed by atoms with Crippen LogP contribution in [0.2, 0.25) is 0 Å². The number of aryl methyl sites for hydroxylation is 2. The van der Waals surface area contributed by atoms with Gasteiger partial charge < -0.3 is 10.1 Å². The molecule has 2 heteroatoms. The summed E-state index contributed by atoms with van der Waals surface area (Å²) in [6.07, 6.45) is 0.992. The van der Waals surface area contributed by atoms with Crippen LogP contribution in [0.4, 0.5) is 0 Å². The van der Waals surface area contributed by atoms with Crippen molar-refractivity contribution in [3.05, 3.63) is 89.5 Å². The fraction of sp³-hybridized carbons (Fsp3) is 0.250. The zero-order valence-electron chi connectivity index (χ0n) is 15.7. The maximum Gasteiger partial charge on any atom is 0.125 e. The van der Waals surface area contributed by atoms with Crippen LogP contribution in [0.25, 0.3) is 11.1 Å². The Hall–Kier alpha value is -2.58. The maximum absolute atomic E-state index is 5.96. The first-order valence-electron chi connectivity index (χ1n) is 9.28. The second-order valence-corrected chi connectivity index (χ2v) is 6.67. The van der Waals surface area contributed by atoms with Crippen molar-refractivity contribution in [1.29, 1.82) is 0 Å². The van der Waals surface area contributed by atoms with Gasteiger partial charge in [0.05, 0.1) is 6.61 Å².